The first-order chi connectivity index (χ1) is 9.45. The first kappa shape index (κ1) is 14.7. The van der Waals surface area contributed by atoms with E-state index in [1.54, 1.807) is 13.0 Å². The van der Waals surface area contributed by atoms with Crippen molar-refractivity contribution in [1.29, 1.82) is 0 Å². The molecule has 0 spiro atoms. The number of anilines is 2. The predicted octanol–water partition coefficient (Wildman–Crippen LogP) is 4.44. The largest absolute Gasteiger partial charge is 0.435 e. The van der Waals surface area contributed by atoms with Crippen LogP contribution in [-0.4, -0.2) is 16.6 Å². The molecule has 106 valence electrons. The van der Waals surface area contributed by atoms with E-state index >= 15 is 0 Å². The van der Waals surface area contributed by atoms with Crippen LogP contribution >= 0.6 is 23.2 Å². The molecule has 0 aliphatic rings. The van der Waals surface area contributed by atoms with Gasteiger partial charge in [-0.2, -0.15) is 13.8 Å². The molecule has 0 saturated carbocycles. The molecule has 0 amide bonds. The van der Waals surface area contributed by atoms with Crippen molar-refractivity contribution in [3.05, 3.63) is 40.3 Å². The van der Waals surface area contributed by atoms with Crippen molar-refractivity contribution >= 4 is 34.7 Å². The van der Waals surface area contributed by atoms with Gasteiger partial charge in [0.2, 0.25) is 5.28 Å². The van der Waals surface area contributed by atoms with Gasteiger partial charge in [0.05, 0.1) is 6.20 Å². The Labute approximate surface area is 123 Å². The summed E-state index contributed by atoms with van der Waals surface area (Å²) < 4.78 is 28.5. The highest BCUT2D eigenvalue weighted by molar-refractivity contribution is 6.33. The van der Waals surface area contributed by atoms with E-state index in [1.165, 1.54) is 18.3 Å². The summed E-state index contributed by atoms with van der Waals surface area (Å²) in [6.07, 6.45) is 1.36. The number of hydrogen-bond donors (Lipinski definition) is 1. The third kappa shape index (κ3) is 3.68. The Hall–Kier alpha value is -1.66. The number of alkyl halides is 2. The van der Waals surface area contributed by atoms with Gasteiger partial charge in [0.1, 0.15) is 10.8 Å². The molecule has 20 heavy (non-hydrogen) atoms. The predicted molar refractivity (Wildman–Crippen MR) is 73.1 cm³/mol. The second kappa shape index (κ2) is 6.19. The second-order valence-corrected chi connectivity index (χ2v) is 4.56. The van der Waals surface area contributed by atoms with E-state index < -0.39 is 6.61 Å². The minimum atomic E-state index is -2.86. The quantitative estimate of drug-likeness (QED) is 0.846. The molecule has 0 saturated heterocycles. The molecular formula is C12H9Cl2F2N3O. The fraction of sp³-hybridized carbons (Fsp3) is 0.167. The van der Waals surface area contributed by atoms with Crippen LogP contribution < -0.4 is 10.1 Å². The molecule has 0 aliphatic heterocycles. The maximum absolute atomic E-state index is 12.1. The van der Waals surface area contributed by atoms with Crippen molar-refractivity contribution in [3.8, 4) is 5.75 Å². The van der Waals surface area contributed by atoms with E-state index in [0.717, 1.165) is 0 Å². The highest BCUT2D eigenvalue weighted by atomic mass is 35.5. The average Bonchev–Trinajstić information content (AvgIpc) is 2.36. The standard InChI is InChI=1S/C12H9Cl2F2N3O/c1-6-4-7(20-12(15)16)2-3-9(6)18-10-8(13)5-17-11(14)19-10/h2-5,12H,1H3,(H,17,18,19). The topological polar surface area (TPSA) is 47.0 Å². The van der Waals surface area contributed by atoms with E-state index in [4.69, 9.17) is 23.2 Å². The molecule has 1 aromatic carbocycles. The van der Waals surface area contributed by atoms with Gasteiger partial charge in [0.25, 0.3) is 0 Å². The molecule has 4 nitrogen and oxygen atoms in total. The molecule has 0 unspecified atom stereocenters. The van der Waals surface area contributed by atoms with Crippen LogP contribution in [0.5, 0.6) is 5.75 Å². The molecule has 1 aromatic heterocycles. The van der Waals surface area contributed by atoms with Crippen molar-refractivity contribution in [1.82, 2.24) is 9.97 Å². The second-order valence-electron chi connectivity index (χ2n) is 3.82. The molecule has 2 aromatic rings. The van der Waals surface area contributed by atoms with Crippen molar-refractivity contribution < 1.29 is 13.5 Å². The fourth-order valence-corrected chi connectivity index (χ4v) is 1.79. The van der Waals surface area contributed by atoms with Crippen LogP contribution in [0, 0.1) is 6.92 Å². The molecular weight excluding hydrogens is 311 g/mol. The Morgan fingerprint density at radius 2 is 2.05 bits per heavy atom. The highest BCUT2D eigenvalue weighted by Gasteiger charge is 2.09. The van der Waals surface area contributed by atoms with E-state index in [1.807, 2.05) is 0 Å². The molecule has 2 rings (SSSR count). The van der Waals surface area contributed by atoms with Crippen LogP contribution in [0.3, 0.4) is 0 Å². The summed E-state index contributed by atoms with van der Waals surface area (Å²) in [5, 5.41) is 3.29. The molecule has 1 heterocycles. The Kier molecular flexibility index (Phi) is 4.57. The Bertz CT molecular complexity index is 626. The van der Waals surface area contributed by atoms with Crippen LogP contribution in [-0.2, 0) is 0 Å². The van der Waals surface area contributed by atoms with Crippen molar-refractivity contribution in [2.45, 2.75) is 13.5 Å². The van der Waals surface area contributed by atoms with E-state index in [0.29, 0.717) is 22.1 Å². The number of rotatable bonds is 4. The number of benzene rings is 1. The van der Waals surface area contributed by atoms with Crippen molar-refractivity contribution in [2.75, 3.05) is 5.32 Å². The first-order valence-corrected chi connectivity index (χ1v) is 6.22. The van der Waals surface area contributed by atoms with E-state index in [9.17, 15) is 8.78 Å². The summed E-state index contributed by atoms with van der Waals surface area (Å²) in [6.45, 7) is -1.12. The molecule has 0 bridgehead atoms. The van der Waals surface area contributed by atoms with Gasteiger partial charge >= 0.3 is 6.61 Å². The number of nitrogens with zero attached hydrogens (tertiary/aromatic N) is 2. The number of aromatic nitrogens is 2. The van der Waals surface area contributed by atoms with Crippen molar-refractivity contribution in [3.63, 3.8) is 0 Å². The number of nitrogens with one attached hydrogen (secondary N) is 1. The summed E-state index contributed by atoms with van der Waals surface area (Å²) in [5.41, 5.74) is 1.33. The summed E-state index contributed by atoms with van der Waals surface area (Å²) in [5.74, 6) is 0.409. The minimum Gasteiger partial charge on any atom is -0.435 e. The van der Waals surface area contributed by atoms with Crippen LogP contribution in [0.4, 0.5) is 20.3 Å². The zero-order valence-corrected chi connectivity index (χ0v) is 11.7. The number of halogens is 4. The third-order valence-corrected chi connectivity index (χ3v) is 2.85. The lowest BCUT2D eigenvalue weighted by molar-refractivity contribution is -0.0498. The lowest BCUT2D eigenvalue weighted by Gasteiger charge is -2.12. The zero-order valence-electron chi connectivity index (χ0n) is 10.2. The normalized spacial score (nSPS) is 10.7. The summed E-state index contributed by atoms with van der Waals surface area (Å²) in [4.78, 5) is 7.67. The average molecular weight is 320 g/mol. The zero-order chi connectivity index (χ0) is 14.7. The number of aryl methyl sites for hydroxylation is 1. The van der Waals surface area contributed by atoms with E-state index in [-0.39, 0.29) is 11.0 Å². The van der Waals surface area contributed by atoms with Gasteiger partial charge in [0, 0.05) is 5.69 Å². The first-order valence-electron chi connectivity index (χ1n) is 5.46. The monoisotopic (exact) mass is 319 g/mol. The summed E-state index contributed by atoms with van der Waals surface area (Å²) in [7, 11) is 0. The molecule has 0 fully saturated rings. The van der Waals surface area contributed by atoms with Crippen LogP contribution in [0.15, 0.2) is 24.4 Å². The SMILES string of the molecule is Cc1cc(OC(F)F)ccc1Nc1nc(Cl)ncc1Cl. The number of ether oxygens (including phenoxy) is 1. The maximum atomic E-state index is 12.1. The maximum Gasteiger partial charge on any atom is 0.387 e. The van der Waals surface area contributed by atoms with Gasteiger partial charge in [-0.1, -0.05) is 11.6 Å². The van der Waals surface area contributed by atoms with Gasteiger partial charge in [-0.25, -0.2) is 4.98 Å². The highest BCUT2D eigenvalue weighted by Crippen LogP contribution is 2.28. The number of hydrogen-bond acceptors (Lipinski definition) is 4. The Morgan fingerprint density at radius 1 is 1.30 bits per heavy atom. The Morgan fingerprint density at radius 3 is 2.70 bits per heavy atom. The molecule has 0 radical (unpaired) electrons. The van der Waals surface area contributed by atoms with Crippen LogP contribution in [0.2, 0.25) is 10.3 Å². The minimum absolute atomic E-state index is 0.0483. The third-order valence-electron chi connectivity index (χ3n) is 2.39. The van der Waals surface area contributed by atoms with Crippen molar-refractivity contribution in [2.24, 2.45) is 0 Å². The van der Waals surface area contributed by atoms with Crippen LogP contribution in [0.25, 0.3) is 0 Å². The van der Waals surface area contributed by atoms with Gasteiger partial charge in [-0.3, -0.25) is 0 Å². The van der Waals surface area contributed by atoms with Crippen LogP contribution in [0.1, 0.15) is 5.56 Å². The Balaban J connectivity index is 2.23. The smallest absolute Gasteiger partial charge is 0.387 e. The van der Waals surface area contributed by atoms with Gasteiger partial charge in [0.15, 0.2) is 5.82 Å². The van der Waals surface area contributed by atoms with Gasteiger partial charge < -0.3 is 10.1 Å². The molecule has 0 aliphatic carbocycles. The van der Waals surface area contributed by atoms with Gasteiger partial charge in [-0.05, 0) is 42.3 Å². The summed E-state index contributed by atoms with van der Waals surface area (Å²) in [6, 6.07) is 4.47. The molecule has 1 N–H and O–H groups in total. The van der Waals surface area contributed by atoms with Gasteiger partial charge in [-0.15, -0.1) is 0 Å². The van der Waals surface area contributed by atoms with E-state index in [2.05, 4.69) is 20.0 Å². The molecule has 8 heteroatoms. The fourth-order valence-electron chi connectivity index (χ4n) is 1.51. The summed E-state index contributed by atoms with van der Waals surface area (Å²) >= 11 is 11.6. The lowest BCUT2D eigenvalue weighted by atomic mass is 10.2. The molecule has 0 atom stereocenters. The lowest BCUT2D eigenvalue weighted by Crippen LogP contribution is -2.03.